The molecule has 17 aromatic carbocycles. The summed E-state index contributed by atoms with van der Waals surface area (Å²) in [4.78, 5) is 5.45. The largest absolute Gasteiger partial charge is 0.310 e. The molecule has 5 heteroatoms. The molecule has 19 aromatic rings. The third-order valence-electron chi connectivity index (χ3n) is 23.2. The number of anilines is 6. The molecule has 0 atom stereocenters. The molecule has 0 N–H and O–H groups in total. The highest BCUT2D eigenvalue weighted by atomic mass is 15.2. The molecule has 522 valence electrons. The van der Waals surface area contributed by atoms with Crippen molar-refractivity contribution in [1.29, 1.82) is 0 Å². The minimum Gasteiger partial charge on any atom is -0.310 e. The first-order chi connectivity index (χ1) is 54.8. The Hall–Kier alpha value is -14.0. The van der Waals surface area contributed by atoms with E-state index in [9.17, 15) is 0 Å². The zero-order valence-electron chi connectivity index (χ0n) is 62.0. The summed E-state index contributed by atoms with van der Waals surface area (Å²) in [5.74, 6) is 0. The van der Waals surface area contributed by atoms with Gasteiger partial charge in [-0.3, -0.25) is 0 Å². The monoisotopic (exact) mass is 1410 g/mol. The minimum absolute atomic E-state index is 0.282. The maximum absolute atomic E-state index is 2.73. The quantitative estimate of drug-likeness (QED) is 0.113. The van der Waals surface area contributed by atoms with E-state index < -0.39 is 0 Å². The van der Waals surface area contributed by atoms with Gasteiger partial charge in [0.15, 0.2) is 0 Å². The van der Waals surface area contributed by atoms with Crippen molar-refractivity contribution in [2.45, 2.75) is 26.2 Å². The molecule has 111 heavy (non-hydrogen) atoms. The second kappa shape index (κ2) is 26.4. The number of hydrogen-bond acceptors (Lipinski definition) is 2. The van der Waals surface area contributed by atoms with Crippen LogP contribution in [0, 0.1) is 0 Å². The number of nitrogens with zero attached hydrogens (tertiary/aromatic N) is 4. The summed E-state index contributed by atoms with van der Waals surface area (Å²) in [5.41, 5.74) is 36.2. The Morgan fingerprint density at radius 3 is 0.874 bits per heavy atom. The Balaban J connectivity index is 0.937. The molecular formula is C106H75BN4. The molecule has 2 aliphatic heterocycles. The lowest BCUT2D eigenvalue weighted by Crippen LogP contribution is -2.61. The van der Waals surface area contributed by atoms with Gasteiger partial charge in [0.2, 0.25) is 0 Å². The van der Waals surface area contributed by atoms with Crippen molar-refractivity contribution in [3.05, 3.63) is 406 Å². The van der Waals surface area contributed by atoms with Crippen LogP contribution in [-0.2, 0) is 5.41 Å². The molecule has 0 spiro atoms. The molecule has 0 bridgehead atoms. The second-order valence-electron chi connectivity index (χ2n) is 30.6. The van der Waals surface area contributed by atoms with Gasteiger partial charge in [-0.05, 0) is 168 Å². The van der Waals surface area contributed by atoms with E-state index in [2.05, 4.69) is 440 Å². The van der Waals surface area contributed by atoms with Crippen LogP contribution in [0.2, 0.25) is 0 Å². The van der Waals surface area contributed by atoms with Gasteiger partial charge in [0.25, 0.3) is 6.71 Å². The Morgan fingerprint density at radius 1 is 0.225 bits per heavy atom. The number of hydrogen-bond donors (Lipinski definition) is 0. The van der Waals surface area contributed by atoms with Crippen LogP contribution in [0.5, 0.6) is 0 Å². The van der Waals surface area contributed by atoms with Crippen LogP contribution in [0.25, 0.3) is 144 Å². The van der Waals surface area contributed by atoms with Crippen LogP contribution in [-0.4, -0.2) is 15.8 Å². The molecule has 4 heterocycles. The zero-order valence-corrected chi connectivity index (χ0v) is 62.0. The van der Waals surface area contributed by atoms with Crippen LogP contribution in [0.15, 0.2) is 400 Å². The summed E-state index contributed by atoms with van der Waals surface area (Å²) in [5, 5.41) is 4.85. The topological polar surface area (TPSA) is 16.3 Å². The second-order valence-corrected chi connectivity index (χ2v) is 30.6. The molecule has 0 saturated heterocycles. The highest BCUT2D eigenvalue weighted by molar-refractivity contribution is 7.00. The first-order valence-electron chi connectivity index (χ1n) is 38.7. The normalized spacial score (nSPS) is 12.4. The Kier molecular flexibility index (Phi) is 15.6. The minimum atomic E-state index is -0.368. The van der Waals surface area contributed by atoms with Gasteiger partial charge in [-0.25, -0.2) is 0 Å². The van der Waals surface area contributed by atoms with Crippen molar-refractivity contribution < 1.29 is 0 Å². The van der Waals surface area contributed by atoms with Crippen LogP contribution in [0.1, 0.15) is 26.3 Å². The predicted octanol–water partition coefficient (Wildman–Crippen LogP) is 26.6. The summed E-state index contributed by atoms with van der Waals surface area (Å²) in [6, 6.07) is 150. The first-order valence-corrected chi connectivity index (χ1v) is 38.7. The number of rotatable bonds is 12. The van der Waals surface area contributed by atoms with Gasteiger partial charge in [-0.1, -0.05) is 336 Å². The number of benzene rings is 17. The van der Waals surface area contributed by atoms with Crippen LogP contribution in [0.4, 0.5) is 34.1 Å². The fourth-order valence-corrected chi connectivity index (χ4v) is 18.1. The maximum Gasteiger partial charge on any atom is 0.252 e. The van der Waals surface area contributed by atoms with E-state index >= 15 is 0 Å². The smallest absolute Gasteiger partial charge is 0.252 e. The van der Waals surface area contributed by atoms with E-state index in [-0.39, 0.29) is 12.1 Å². The fourth-order valence-electron chi connectivity index (χ4n) is 18.1. The van der Waals surface area contributed by atoms with E-state index in [1.807, 2.05) is 0 Å². The van der Waals surface area contributed by atoms with E-state index in [1.54, 1.807) is 0 Å². The third-order valence-corrected chi connectivity index (χ3v) is 23.2. The molecule has 4 nitrogen and oxygen atoms in total. The average molecular weight is 1420 g/mol. The zero-order chi connectivity index (χ0) is 73.8. The SMILES string of the molecule is CC(C)(C)c1cc2c3c(c1)N(c1c(-c4ccccc4)cc(-c4ccccc4)cc1-c1ccccc1)c1cc(-c4cccc5c6ccccc6n(-c6ccccc6)c45)ccc1B3c1ccc(-c3cccc4c5ccccc5n(-c5ccccc5)c34)cc1N2c1c(-c2ccccc2)cc(-c2ccccc2)cc1-c1ccccc1. The first kappa shape index (κ1) is 65.3. The fraction of sp³-hybridized carbons (Fsp3) is 0.0377. The highest BCUT2D eigenvalue weighted by Gasteiger charge is 2.46. The van der Waals surface area contributed by atoms with Crippen molar-refractivity contribution in [3.63, 3.8) is 0 Å². The molecule has 0 saturated carbocycles. The van der Waals surface area contributed by atoms with Gasteiger partial charge in [-0.2, -0.15) is 0 Å². The van der Waals surface area contributed by atoms with Crippen molar-refractivity contribution in [3.8, 4) is 100 Å². The summed E-state index contributed by atoms with van der Waals surface area (Å²) in [6.45, 7) is 6.91. The molecule has 0 radical (unpaired) electrons. The third kappa shape index (κ3) is 10.8. The van der Waals surface area contributed by atoms with Crippen LogP contribution in [0.3, 0.4) is 0 Å². The molecular weight excluding hydrogens is 1340 g/mol. The number of para-hydroxylation sites is 6. The summed E-state index contributed by atoms with van der Waals surface area (Å²) in [6.07, 6.45) is 0. The lowest BCUT2D eigenvalue weighted by molar-refractivity contribution is 0.590. The van der Waals surface area contributed by atoms with Crippen molar-refractivity contribution in [2.24, 2.45) is 0 Å². The predicted molar refractivity (Wildman–Crippen MR) is 471 cm³/mol. The lowest BCUT2D eigenvalue weighted by atomic mass is 9.33. The van der Waals surface area contributed by atoms with Crippen molar-refractivity contribution >= 4 is 101 Å². The molecule has 2 aliphatic rings. The van der Waals surface area contributed by atoms with Gasteiger partial charge in [0, 0.05) is 89.0 Å². The van der Waals surface area contributed by atoms with Gasteiger partial charge in [0.05, 0.1) is 33.4 Å². The molecule has 2 aromatic heterocycles. The van der Waals surface area contributed by atoms with E-state index in [1.165, 1.54) is 65.6 Å². The molecule has 0 unspecified atom stereocenters. The van der Waals surface area contributed by atoms with Crippen LogP contribution < -0.4 is 26.2 Å². The average Bonchev–Trinajstić information content (AvgIpc) is 1.47. The van der Waals surface area contributed by atoms with Gasteiger partial charge < -0.3 is 18.9 Å². The van der Waals surface area contributed by atoms with Crippen LogP contribution >= 0.6 is 0 Å². The lowest BCUT2D eigenvalue weighted by Gasteiger charge is -2.46. The molecule has 0 aliphatic carbocycles. The van der Waals surface area contributed by atoms with Gasteiger partial charge in [-0.15, -0.1) is 0 Å². The van der Waals surface area contributed by atoms with Crippen molar-refractivity contribution in [1.82, 2.24) is 9.13 Å². The summed E-state index contributed by atoms with van der Waals surface area (Å²) < 4.78 is 4.97. The van der Waals surface area contributed by atoms with E-state index in [0.717, 1.165) is 135 Å². The van der Waals surface area contributed by atoms with Crippen molar-refractivity contribution in [2.75, 3.05) is 9.80 Å². The molecule has 0 fully saturated rings. The Morgan fingerprint density at radius 2 is 0.532 bits per heavy atom. The Labute approximate surface area is 648 Å². The van der Waals surface area contributed by atoms with Gasteiger partial charge >= 0.3 is 0 Å². The van der Waals surface area contributed by atoms with Gasteiger partial charge in [0.1, 0.15) is 0 Å². The maximum atomic E-state index is 2.73. The molecule has 21 rings (SSSR count). The number of fused-ring (bicyclic) bond motifs is 10. The molecule has 0 amide bonds. The van der Waals surface area contributed by atoms with E-state index in [0.29, 0.717) is 0 Å². The number of aromatic nitrogens is 2. The standard InChI is InChI=1S/C106H75BN4/c1-106(2,3)80-68-99-101-100(69-80)111(105-91(74-42-20-8-21-43-74)64-79(71-36-14-5-15-37-71)65-92(105)75-44-22-9-23-45-75)98-67-77(84-53-33-55-88-86-51-29-31-57-96(86)109(103(84)88)82-48-26-11-27-49-82)59-61-94(98)107(101)93-60-58-76(83-52-32-54-87-85-50-28-30-56-95(85)108(102(83)87)81-46-24-10-25-47-81)66-97(93)110(99)104-89(72-38-16-6-17-39-72)62-78(70-34-12-4-13-35-70)63-90(104)73-40-18-7-19-41-73/h4-69H,1-3H3. The van der Waals surface area contributed by atoms with E-state index in [4.69, 9.17) is 0 Å². The summed E-state index contributed by atoms with van der Waals surface area (Å²) in [7, 11) is 0. The summed E-state index contributed by atoms with van der Waals surface area (Å²) >= 11 is 0. The Bertz CT molecular complexity index is 6300. The highest BCUT2D eigenvalue weighted by Crippen LogP contribution is 2.56.